The molecule has 0 aliphatic rings. The van der Waals surface area contributed by atoms with Gasteiger partial charge in [-0.1, -0.05) is 24.3 Å². The Balaban J connectivity index is 2.61. The minimum Gasteiger partial charge on any atom is -0.500 e. The summed E-state index contributed by atoms with van der Waals surface area (Å²) in [7, 11) is 0. The third kappa shape index (κ3) is 5.19. The second-order valence-corrected chi connectivity index (χ2v) is 6.19. The second kappa shape index (κ2) is 10.2. The third-order valence-electron chi connectivity index (χ3n) is 4.14. The van der Waals surface area contributed by atoms with Crippen molar-refractivity contribution in [3.8, 4) is 0 Å². The van der Waals surface area contributed by atoms with Crippen LogP contribution in [-0.4, -0.2) is 30.7 Å². The van der Waals surface area contributed by atoms with Gasteiger partial charge in [-0.3, -0.25) is 9.59 Å². The number of benzene rings is 2. The van der Waals surface area contributed by atoms with Gasteiger partial charge >= 0.3 is 12.1 Å². The van der Waals surface area contributed by atoms with Gasteiger partial charge in [0, 0.05) is 11.1 Å². The lowest BCUT2D eigenvalue weighted by Crippen LogP contribution is -2.20. The Hall–Kier alpha value is -3.56. The standard InChI is InChI=1S/C22H17F5O5/c1-3-31-11-15(21(30)32-4-2)20(29)13-8-6-5-7-12(13)19(28)14-9-10-16(23)17(18(14)24)22(25,26)27/h5-11H,3-4H2,1-2H3/b15-11+. The van der Waals surface area contributed by atoms with E-state index in [1.54, 1.807) is 6.92 Å². The highest BCUT2D eigenvalue weighted by Crippen LogP contribution is 2.35. The van der Waals surface area contributed by atoms with Crippen LogP contribution in [0.4, 0.5) is 22.0 Å². The molecule has 10 heteroatoms. The molecule has 0 aliphatic carbocycles. The van der Waals surface area contributed by atoms with Crippen LogP contribution < -0.4 is 0 Å². The van der Waals surface area contributed by atoms with E-state index in [4.69, 9.17) is 9.47 Å². The van der Waals surface area contributed by atoms with E-state index < -0.39 is 63.2 Å². The first-order valence-electron chi connectivity index (χ1n) is 9.27. The largest absolute Gasteiger partial charge is 0.500 e. The van der Waals surface area contributed by atoms with Crippen molar-refractivity contribution in [2.75, 3.05) is 13.2 Å². The van der Waals surface area contributed by atoms with Gasteiger partial charge in [0.1, 0.15) is 29.0 Å². The van der Waals surface area contributed by atoms with Crippen molar-refractivity contribution in [1.29, 1.82) is 0 Å². The molecule has 0 aliphatic heterocycles. The monoisotopic (exact) mass is 456 g/mol. The van der Waals surface area contributed by atoms with E-state index in [1.807, 2.05) is 0 Å². The summed E-state index contributed by atoms with van der Waals surface area (Å²) in [6.07, 6.45) is -4.56. The Kier molecular flexibility index (Phi) is 7.85. The Morgan fingerprint density at radius 3 is 2.09 bits per heavy atom. The van der Waals surface area contributed by atoms with Crippen molar-refractivity contribution in [3.05, 3.63) is 82.1 Å². The molecule has 0 N–H and O–H groups in total. The Morgan fingerprint density at radius 1 is 0.906 bits per heavy atom. The molecule has 2 aromatic carbocycles. The van der Waals surface area contributed by atoms with Crippen LogP contribution >= 0.6 is 0 Å². The van der Waals surface area contributed by atoms with Gasteiger partial charge in [-0.25, -0.2) is 13.6 Å². The Morgan fingerprint density at radius 2 is 1.53 bits per heavy atom. The number of hydrogen-bond donors (Lipinski definition) is 0. The highest BCUT2D eigenvalue weighted by molar-refractivity contribution is 6.27. The summed E-state index contributed by atoms with van der Waals surface area (Å²) in [5.74, 6) is -7.39. The number of ether oxygens (including phenoxy) is 2. The van der Waals surface area contributed by atoms with E-state index in [-0.39, 0.29) is 13.2 Å². The van der Waals surface area contributed by atoms with Crippen LogP contribution in [0.2, 0.25) is 0 Å². The molecule has 170 valence electrons. The fourth-order valence-electron chi connectivity index (χ4n) is 2.73. The minimum atomic E-state index is -5.39. The lowest BCUT2D eigenvalue weighted by Gasteiger charge is -2.13. The molecule has 0 aromatic heterocycles. The molecule has 0 saturated heterocycles. The molecule has 0 unspecified atom stereocenters. The van der Waals surface area contributed by atoms with Crippen molar-refractivity contribution in [2.45, 2.75) is 20.0 Å². The van der Waals surface area contributed by atoms with E-state index in [2.05, 4.69) is 0 Å². The zero-order valence-corrected chi connectivity index (χ0v) is 16.9. The van der Waals surface area contributed by atoms with E-state index in [9.17, 15) is 36.3 Å². The number of rotatable bonds is 8. The topological polar surface area (TPSA) is 69.7 Å². The van der Waals surface area contributed by atoms with Gasteiger partial charge < -0.3 is 9.47 Å². The number of esters is 1. The van der Waals surface area contributed by atoms with E-state index in [1.165, 1.54) is 19.1 Å². The van der Waals surface area contributed by atoms with Crippen LogP contribution in [0, 0.1) is 11.6 Å². The summed E-state index contributed by atoms with van der Waals surface area (Å²) in [5, 5.41) is 0. The molecular weight excluding hydrogens is 439 g/mol. The maximum absolute atomic E-state index is 14.5. The molecule has 0 amide bonds. The van der Waals surface area contributed by atoms with Gasteiger partial charge in [0.15, 0.2) is 5.78 Å². The minimum absolute atomic E-state index is 0.0723. The molecule has 2 rings (SSSR count). The molecule has 0 fully saturated rings. The molecular formula is C22H17F5O5. The summed E-state index contributed by atoms with van der Waals surface area (Å²) < 4.78 is 76.9. The number of alkyl halides is 3. The predicted octanol–water partition coefficient (Wildman–Crippen LogP) is 4.88. The first-order valence-corrected chi connectivity index (χ1v) is 9.27. The van der Waals surface area contributed by atoms with Crippen LogP contribution in [0.1, 0.15) is 45.7 Å². The summed E-state index contributed by atoms with van der Waals surface area (Å²) in [4.78, 5) is 38.0. The van der Waals surface area contributed by atoms with Crippen molar-refractivity contribution >= 4 is 17.5 Å². The number of hydrogen-bond acceptors (Lipinski definition) is 5. The Bertz CT molecular complexity index is 1070. The average molecular weight is 456 g/mol. The fraction of sp³-hybridized carbons (Fsp3) is 0.227. The molecule has 0 bridgehead atoms. The van der Waals surface area contributed by atoms with E-state index >= 15 is 0 Å². The smallest absolute Gasteiger partial charge is 0.422 e. The number of ketones is 2. The first kappa shape index (κ1) is 24.7. The van der Waals surface area contributed by atoms with Crippen molar-refractivity contribution in [2.24, 2.45) is 0 Å². The number of halogens is 5. The van der Waals surface area contributed by atoms with Gasteiger partial charge in [-0.05, 0) is 26.0 Å². The van der Waals surface area contributed by atoms with Gasteiger partial charge in [0.25, 0.3) is 0 Å². The van der Waals surface area contributed by atoms with Crippen LogP contribution in [-0.2, 0) is 20.4 Å². The zero-order chi connectivity index (χ0) is 24.1. The van der Waals surface area contributed by atoms with Gasteiger partial charge in [0.05, 0.1) is 18.8 Å². The summed E-state index contributed by atoms with van der Waals surface area (Å²) >= 11 is 0. The quantitative estimate of drug-likeness (QED) is 0.108. The van der Waals surface area contributed by atoms with Crippen LogP contribution in [0.15, 0.2) is 48.2 Å². The fourth-order valence-corrected chi connectivity index (χ4v) is 2.73. The highest BCUT2D eigenvalue weighted by Gasteiger charge is 2.40. The Labute approximate surface area is 179 Å². The zero-order valence-electron chi connectivity index (χ0n) is 16.9. The molecule has 0 saturated carbocycles. The normalized spacial score (nSPS) is 11.8. The molecule has 0 atom stereocenters. The van der Waals surface area contributed by atoms with Gasteiger partial charge in [-0.2, -0.15) is 13.2 Å². The number of carbonyl (C=O) groups is 3. The van der Waals surface area contributed by atoms with E-state index in [0.717, 1.165) is 18.4 Å². The van der Waals surface area contributed by atoms with Crippen LogP contribution in [0.5, 0.6) is 0 Å². The molecule has 0 spiro atoms. The summed E-state index contributed by atoms with van der Waals surface area (Å²) in [5.41, 5.74) is -4.80. The molecule has 5 nitrogen and oxygen atoms in total. The average Bonchev–Trinajstić information content (AvgIpc) is 2.72. The summed E-state index contributed by atoms with van der Waals surface area (Å²) in [6, 6.07) is 5.66. The first-order chi connectivity index (χ1) is 15.0. The van der Waals surface area contributed by atoms with Crippen molar-refractivity contribution in [3.63, 3.8) is 0 Å². The van der Waals surface area contributed by atoms with Crippen LogP contribution in [0.3, 0.4) is 0 Å². The van der Waals surface area contributed by atoms with E-state index in [0.29, 0.717) is 12.1 Å². The molecule has 32 heavy (non-hydrogen) atoms. The SMILES string of the molecule is CCO/C=C(/C(=O)OCC)C(=O)c1ccccc1C(=O)c1ccc(F)c(C(F)(F)F)c1F. The number of carbonyl (C=O) groups excluding carboxylic acids is 3. The maximum atomic E-state index is 14.5. The predicted molar refractivity (Wildman–Crippen MR) is 102 cm³/mol. The second-order valence-electron chi connectivity index (χ2n) is 6.19. The van der Waals surface area contributed by atoms with Gasteiger partial charge in [-0.15, -0.1) is 0 Å². The summed E-state index contributed by atoms with van der Waals surface area (Å²) in [6.45, 7) is 3.10. The molecule has 2 aromatic rings. The molecule has 0 heterocycles. The lowest BCUT2D eigenvalue weighted by molar-refractivity contribution is -0.142. The lowest BCUT2D eigenvalue weighted by atomic mass is 9.92. The van der Waals surface area contributed by atoms with Gasteiger partial charge in [0.2, 0.25) is 5.78 Å². The molecule has 0 radical (unpaired) electrons. The maximum Gasteiger partial charge on any atom is 0.422 e. The van der Waals surface area contributed by atoms with Crippen molar-refractivity contribution < 1.29 is 45.8 Å². The third-order valence-corrected chi connectivity index (χ3v) is 4.14. The highest BCUT2D eigenvalue weighted by atomic mass is 19.4. The van der Waals surface area contributed by atoms with Crippen LogP contribution in [0.25, 0.3) is 0 Å². The number of Topliss-reactive ketones (excluding diaryl/α,β-unsaturated/α-hetero) is 1. The van der Waals surface area contributed by atoms with Crippen molar-refractivity contribution in [1.82, 2.24) is 0 Å².